The van der Waals surface area contributed by atoms with Crippen LogP contribution < -0.4 is 0 Å². The highest BCUT2D eigenvalue weighted by Crippen LogP contribution is 2.39. The van der Waals surface area contributed by atoms with Crippen LogP contribution in [0, 0.1) is 0 Å². The molecule has 0 aliphatic heterocycles. The van der Waals surface area contributed by atoms with Gasteiger partial charge in [-0.1, -0.05) is 25.3 Å². The zero-order valence-corrected chi connectivity index (χ0v) is 12.4. The van der Waals surface area contributed by atoms with E-state index < -0.39 is 5.97 Å². The van der Waals surface area contributed by atoms with Crippen molar-refractivity contribution in [2.45, 2.75) is 57.0 Å². The first-order valence-corrected chi connectivity index (χ1v) is 7.40. The first-order chi connectivity index (χ1) is 9.55. The molecule has 1 fully saturated rings. The SMILES string of the molecule is CC(c1cccnc1)N(C)C1(CC(=O)O)CCCCC1. The zero-order valence-electron chi connectivity index (χ0n) is 12.4. The molecule has 0 aromatic carbocycles. The van der Waals surface area contributed by atoms with Gasteiger partial charge < -0.3 is 5.11 Å². The Hall–Kier alpha value is -1.42. The van der Waals surface area contributed by atoms with Gasteiger partial charge in [0.05, 0.1) is 6.42 Å². The fourth-order valence-electron chi connectivity index (χ4n) is 3.40. The summed E-state index contributed by atoms with van der Waals surface area (Å²) in [5.41, 5.74) is 0.935. The minimum absolute atomic E-state index is 0.182. The van der Waals surface area contributed by atoms with Crippen molar-refractivity contribution in [2.24, 2.45) is 0 Å². The molecule has 20 heavy (non-hydrogen) atoms. The van der Waals surface area contributed by atoms with Gasteiger partial charge in [0, 0.05) is 24.0 Å². The molecule has 1 heterocycles. The van der Waals surface area contributed by atoms with Gasteiger partial charge >= 0.3 is 5.97 Å². The molecule has 1 unspecified atom stereocenters. The summed E-state index contributed by atoms with van der Waals surface area (Å²) in [5.74, 6) is -0.697. The normalized spacial score (nSPS) is 19.8. The lowest BCUT2D eigenvalue weighted by Gasteiger charge is -2.46. The summed E-state index contributed by atoms with van der Waals surface area (Å²) in [6.45, 7) is 2.13. The molecular weight excluding hydrogens is 252 g/mol. The lowest BCUT2D eigenvalue weighted by molar-refractivity contribution is -0.141. The van der Waals surface area contributed by atoms with Gasteiger partial charge in [-0.15, -0.1) is 0 Å². The molecule has 1 saturated carbocycles. The third kappa shape index (κ3) is 3.18. The number of carboxylic acid groups (broad SMARTS) is 1. The second-order valence-electron chi connectivity index (χ2n) is 5.93. The Bertz CT molecular complexity index is 441. The van der Waals surface area contributed by atoms with Crippen molar-refractivity contribution in [1.82, 2.24) is 9.88 Å². The standard InChI is InChI=1S/C16H24N2O2/c1-13(14-7-6-10-17-12-14)18(2)16(11-15(19)20)8-4-3-5-9-16/h6-7,10,12-13H,3-5,8-9,11H2,1-2H3,(H,19,20). The average Bonchev–Trinajstić information content (AvgIpc) is 2.47. The van der Waals surface area contributed by atoms with E-state index in [-0.39, 0.29) is 18.0 Å². The van der Waals surface area contributed by atoms with Crippen molar-refractivity contribution in [3.63, 3.8) is 0 Å². The molecule has 0 radical (unpaired) electrons. The van der Waals surface area contributed by atoms with Crippen LogP contribution in [0.5, 0.6) is 0 Å². The molecule has 0 amide bonds. The van der Waals surface area contributed by atoms with Crippen LogP contribution in [0.15, 0.2) is 24.5 Å². The third-order valence-corrected chi connectivity index (χ3v) is 4.76. The molecule has 4 nitrogen and oxygen atoms in total. The van der Waals surface area contributed by atoms with Gasteiger partial charge in [-0.25, -0.2) is 0 Å². The summed E-state index contributed by atoms with van der Waals surface area (Å²) >= 11 is 0. The number of aromatic nitrogens is 1. The molecule has 4 heteroatoms. The lowest BCUT2D eigenvalue weighted by Crippen LogP contribution is -2.50. The highest BCUT2D eigenvalue weighted by Gasteiger charge is 2.40. The number of carboxylic acids is 1. The topological polar surface area (TPSA) is 53.4 Å². The first-order valence-electron chi connectivity index (χ1n) is 7.40. The molecule has 2 rings (SSSR count). The Kier molecular flexibility index (Phi) is 4.76. The average molecular weight is 276 g/mol. The first kappa shape index (κ1) is 15.0. The van der Waals surface area contributed by atoms with E-state index in [2.05, 4.69) is 29.9 Å². The van der Waals surface area contributed by atoms with Crippen LogP contribution in [-0.4, -0.2) is 33.5 Å². The summed E-state index contributed by atoms with van der Waals surface area (Å²) < 4.78 is 0. The van der Waals surface area contributed by atoms with Gasteiger partial charge in [0.2, 0.25) is 0 Å². The molecule has 1 aliphatic rings. The van der Waals surface area contributed by atoms with Crippen LogP contribution in [0.2, 0.25) is 0 Å². The highest BCUT2D eigenvalue weighted by atomic mass is 16.4. The van der Waals surface area contributed by atoms with Crippen molar-refractivity contribution in [1.29, 1.82) is 0 Å². The molecule has 1 atom stereocenters. The van der Waals surface area contributed by atoms with E-state index in [0.29, 0.717) is 0 Å². The van der Waals surface area contributed by atoms with Gasteiger partial charge in [0.1, 0.15) is 0 Å². The lowest BCUT2D eigenvalue weighted by atomic mass is 9.77. The predicted octanol–water partition coefficient (Wildman–Crippen LogP) is 3.25. The van der Waals surface area contributed by atoms with Gasteiger partial charge in [-0.05, 0) is 38.4 Å². The Morgan fingerprint density at radius 1 is 1.45 bits per heavy atom. The minimum Gasteiger partial charge on any atom is -0.481 e. The second kappa shape index (κ2) is 6.35. The molecular formula is C16H24N2O2. The molecule has 0 saturated heterocycles. The Balaban J connectivity index is 2.21. The molecule has 0 spiro atoms. The molecule has 1 N–H and O–H groups in total. The van der Waals surface area contributed by atoms with Crippen molar-refractivity contribution in [3.05, 3.63) is 30.1 Å². The quantitative estimate of drug-likeness (QED) is 0.897. The highest BCUT2D eigenvalue weighted by molar-refractivity contribution is 5.68. The number of nitrogens with zero attached hydrogens (tertiary/aromatic N) is 2. The number of rotatable bonds is 5. The summed E-state index contributed by atoms with van der Waals surface area (Å²) in [7, 11) is 2.06. The van der Waals surface area contributed by atoms with Gasteiger partial charge in [0.25, 0.3) is 0 Å². The molecule has 1 aromatic heterocycles. The van der Waals surface area contributed by atoms with E-state index in [0.717, 1.165) is 31.2 Å². The maximum absolute atomic E-state index is 11.3. The van der Waals surface area contributed by atoms with E-state index in [1.165, 1.54) is 6.42 Å². The van der Waals surface area contributed by atoms with Gasteiger partial charge in [-0.3, -0.25) is 14.7 Å². The van der Waals surface area contributed by atoms with Crippen molar-refractivity contribution < 1.29 is 9.90 Å². The van der Waals surface area contributed by atoms with Crippen molar-refractivity contribution in [3.8, 4) is 0 Å². The number of hydrogen-bond donors (Lipinski definition) is 1. The summed E-state index contributed by atoms with van der Waals surface area (Å²) in [5, 5.41) is 9.29. The van der Waals surface area contributed by atoms with Crippen molar-refractivity contribution in [2.75, 3.05) is 7.05 Å². The fraction of sp³-hybridized carbons (Fsp3) is 0.625. The maximum atomic E-state index is 11.3. The van der Waals surface area contributed by atoms with E-state index in [4.69, 9.17) is 0 Å². The van der Waals surface area contributed by atoms with Crippen molar-refractivity contribution >= 4 is 5.97 Å². The Morgan fingerprint density at radius 3 is 2.70 bits per heavy atom. The summed E-state index contributed by atoms with van der Waals surface area (Å²) in [6.07, 6.45) is 9.28. The van der Waals surface area contributed by atoms with E-state index >= 15 is 0 Å². The minimum atomic E-state index is -0.697. The van der Waals surface area contributed by atoms with Crippen LogP contribution in [0.1, 0.15) is 57.1 Å². The fourth-order valence-corrected chi connectivity index (χ4v) is 3.40. The molecule has 0 bridgehead atoms. The molecule has 110 valence electrons. The van der Waals surface area contributed by atoms with Crippen LogP contribution in [0.25, 0.3) is 0 Å². The smallest absolute Gasteiger partial charge is 0.305 e. The van der Waals surface area contributed by atoms with E-state index in [1.54, 1.807) is 6.20 Å². The number of carbonyl (C=O) groups is 1. The predicted molar refractivity (Wildman–Crippen MR) is 78.5 cm³/mol. The largest absolute Gasteiger partial charge is 0.481 e. The number of hydrogen-bond acceptors (Lipinski definition) is 3. The monoisotopic (exact) mass is 276 g/mol. The molecule has 1 aliphatic carbocycles. The maximum Gasteiger partial charge on any atom is 0.305 e. The van der Waals surface area contributed by atoms with Crippen LogP contribution in [0.3, 0.4) is 0 Å². The zero-order chi connectivity index (χ0) is 14.6. The Morgan fingerprint density at radius 2 is 2.15 bits per heavy atom. The van der Waals surface area contributed by atoms with Gasteiger partial charge in [-0.2, -0.15) is 0 Å². The molecule has 1 aromatic rings. The van der Waals surface area contributed by atoms with E-state index in [9.17, 15) is 9.90 Å². The summed E-state index contributed by atoms with van der Waals surface area (Å²) in [4.78, 5) is 17.7. The van der Waals surface area contributed by atoms with Gasteiger partial charge in [0.15, 0.2) is 0 Å². The van der Waals surface area contributed by atoms with E-state index in [1.807, 2.05) is 12.3 Å². The third-order valence-electron chi connectivity index (χ3n) is 4.76. The van der Waals surface area contributed by atoms with Crippen LogP contribution in [0.4, 0.5) is 0 Å². The summed E-state index contributed by atoms with van der Waals surface area (Å²) in [6, 6.07) is 4.18. The second-order valence-corrected chi connectivity index (χ2v) is 5.93. The Labute approximate surface area is 120 Å². The number of aliphatic carboxylic acids is 1. The number of pyridine rings is 1. The van der Waals surface area contributed by atoms with Crippen LogP contribution in [-0.2, 0) is 4.79 Å². The van der Waals surface area contributed by atoms with Crippen LogP contribution >= 0.6 is 0 Å².